The van der Waals surface area contributed by atoms with Crippen LogP contribution in [0.4, 0.5) is 10.1 Å². The van der Waals surface area contributed by atoms with Gasteiger partial charge in [0.15, 0.2) is 0 Å². The summed E-state index contributed by atoms with van der Waals surface area (Å²) >= 11 is 0. The highest BCUT2D eigenvalue weighted by Gasteiger charge is 2.19. The molecule has 152 valence electrons. The number of sulfonamides is 1. The maximum atomic E-state index is 13.4. The highest BCUT2D eigenvalue weighted by Crippen LogP contribution is 2.22. The predicted octanol–water partition coefficient (Wildman–Crippen LogP) is 2.45. The molecule has 0 saturated carbocycles. The fraction of sp³-hybridized carbons (Fsp3) is 0.250. The summed E-state index contributed by atoms with van der Waals surface area (Å²) in [6, 6.07) is 12.8. The molecule has 7 nitrogen and oxygen atoms in total. The van der Waals surface area contributed by atoms with Gasteiger partial charge in [0.2, 0.25) is 15.9 Å². The topological polar surface area (TPSA) is 92.7 Å². The average molecular weight is 416 g/mol. The summed E-state index contributed by atoms with van der Waals surface area (Å²) in [7, 11) is -3.68. The van der Waals surface area contributed by atoms with E-state index in [1.54, 1.807) is 30.5 Å². The second-order valence-corrected chi connectivity index (χ2v) is 8.52. The molecular weight excluding hydrogens is 395 g/mol. The van der Waals surface area contributed by atoms with Crippen LogP contribution < -0.4 is 10.0 Å². The minimum atomic E-state index is -3.68. The van der Waals surface area contributed by atoms with Crippen LogP contribution in [0.25, 0.3) is 11.5 Å². The lowest BCUT2D eigenvalue weighted by Gasteiger charge is -2.35. The maximum absolute atomic E-state index is 13.4. The molecule has 1 aliphatic heterocycles. The zero-order valence-electron chi connectivity index (χ0n) is 15.7. The van der Waals surface area contributed by atoms with Crippen LogP contribution in [0.2, 0.25) is 0 Å². The van der Waals surface area contributed by atoms with Crippen molar-refractivity contribution in [2.24, 2.45) is 5.14 Å². The Hall–Kier alpha value is -2.75. The monoisotopic (exact) mass is 416 g/mol. The Kier molecular flexibility index (Phi) is 5.35. The lowest BCUT2D eigenvalue weighted by Crippen LogP contribution is -2.46. The lowest BCUT2D eigenvalue weighted by molar-refractivity contribution is 0.247. The first kappa shape index (κ1) is 19.6. The first-order valence-corrected chi connectivity index (χ1v) is 10.7. The van der Waals surface area contributed by atoms with Gasteiger partial charge < -0.3 is 9.32 Å². The molecular formula is C20H21FN4O3S. The van der Waals surface area contributed by atoms with Crippen LogP contribution in [0.3, 0.4) is 0 Å². The molecule has 1 aliphatic rings. The Balaban J connectivity index is 1.35. The van der Waals surface area contributed by atoms with Crippen molar-refractivity contribution in [1.29, 1.82) is 0 Å². The molecule has 2 aromatic carbocycles. The molecule has 29 heavy (non-hydrogen) atoms. The van der Waals surface area contributed by atoms with E-state index in [1.165, 1.54) is 24.3 Å². The number of halogens is 1. The number of hydrogen-bond donors (Lipinski definition) is 1. The standard InChI is InChI=1S/C20H21FN4O3S/c21-16-3-1-2-15(12-16)20-23-17(14-28-20)13-24-8-10-25(11-9-24)18-4-6-19(7-5-18)29(22,26)27/h1-7,12,14H,8-11,13H2,(H2,22,26,27). The Labute approximate surface area is 168 Å². The third-order valence-corrected chi connectivity index (χ3v) is 5.84. The molecule has 0 unspecified atom stereocenters. The number of primary sulfonamides is 1. The smallest absolute Gasteiger partial charge is 0.238 e. The summed E-state index contributed by atoms with van der Waals surface area (Å²) < 4.78 is 41.6. The van der Waals surface area contributed by atoms with Crippen molar-refractivity contribution in [1.82, 2.24) is 9.88 Å². The molecule has 0 bridgehead atoms. The normalized spacial score (nSPS) is 15.6. The molecule has 2 N–H and O–H groups in total. The van der Waals surface area contributed by atoms with Crippen LogP contribution in [-0.4, -0.2) is 44.5 Å². The van der Waals surface area contributed by atoms with Gasteiger partial charge in [0.1, 0.15) is 12.1 Å². The van der Waals surface area contributed by atoms with E-state index >= 15 is 0 Å². The second kappa shape index (κ2) is 7.94. The summed E-state index contributed by atoms with van der Waals surface area (Å²) in [5, 5.41) is 5.14. The number of hydrogen-bond acceptors (Lipinski definition) is 6. The van der Waals surface area contributed by atoms with E-state index in [0.29, 0.717) is 18.0 Å². The number of rotatable bonds is 5. The van der Waals surface area contributed by atoms with E-state index in [0.717, 1.165) is 37.6 Å². The fourth-order valence-electron chi connectivity index (χ4n) is 3.37. The van der Waals surface area contributed by atoms with Crippen molar-refractivity contribution in [2.75, 3.05) is 31.1 Å². The van der Waals surface area contributed by atoms with Crippen LogP contribution in [0.15, 0.2) is 64.1 Å². The number of anilines is 1. The van der Waals surface area contributed by atoms with Gasteiger partial charge in [-0.25, -0.2) is 22.9 Å². The Bertz CT molecular complexity index is 1090. The zero-order valence-corrected chi connectivity index (χ0v) is 16.5. The van der Waals surface area contributed by atoms with Crippen molar-refractivity contribution in [3.05, 3.63) is 66.3 Å². The van der Waals surface area contributed by atoms with Crippen LogP contribution in [0.5, 0.6) is 0 Å². The number of nitrogens with two attached hydrogens (primary N) is 1. The van der Waals surface area contributed by atoms with Gasteiger partial charge in [-0.15, -0.1) is 0 Å². The SMILES string of the molecule is NS(=O)(=O)c1ccc(N2CCN(Cc3coc(-c4cccc(F)c4)n3)CC2)cc1. The highest BCUT2D eigenvalue weighted by atomic mass is 32.2. The van der Waals surface area contributed by atoms with Gasteiger partial charge in [-0.1, -0.05) is 6.07 Å². The van der Waals surface area contributed by atoms with Gasteiger partial charge >= 0.3 is 0 Å². The van der Waals surface area contributed by atoms with Crippen LogP contribution in [-0.2, 0) is 16.6 Å². The predicted molar refractivity (Wildman–Crippen MR) is 107 cm³/mol. The van der Waals surface area contributed by atoms with Gasteiger partial charge in [-0.3, -0.25) is 4.90 Å². The van der Waals surface area contributed by atoms with Crippen molar-refractivity contribution in [3.63, 3.8) is 0 Å². The van der Waals surface area contributed by atoms with E-state index in [-0.39, 0.29) is 10.7 Å². The lowest BCUT2D eigenvalue weighted by atomic mass is 10.2. The van der Waals surface area contributed by atoms with Crippen LogP contribution in [0.1, 0.15) is 5.69 Å². The number of aromatic nitrogens is 1. The van der Waals surface area contributed by atoms with Crippen molar-refractivity contribution >= 4 is 15.7 Å². The highest BCUT2D eigenvalue weighted by molar-refractivity contribution is 7.89. The summed E-state index contributed by atoms with van der Waals surface area (Å²) in [4.78, 5) is 9.04. The molecule has 0 amide bonds. The van der Waals surface area contributed by atoms with Gasteiger partial charge in [0.25, 0.3) is 0 Å². The molecule has 0 spiro atoms. The first-order chi connectivity index (χ1) is 13.9. The van der Waals surface area contributed by atoms with E-state index in [1.807, 2.05) is 0 Å². The largest absolute Gasteiger partial charge is 0.444 e. The summed E-state index contributed by atoms with van der Waals surface area (Å²) in [5.74, 6) is 0.0866. The van der Waals surface area contributed by atoms with E-state index < -0.39 is 10.0 Å². The maximum Gasteiger partial charge on any atom is 0.238 e. The van der Waals surface area contributed by atoms with Crippen LogP contribution in [0, 0.1) is 5.82 Å². The minimum absolute atomic E-state index is 0.111. The summed E-state index contributed by atoms with van der Waals surface area (Å²) in [6.07, 6.45) is 1.61. The molecule has 3 aromatic rings. The Morgan fingerprint density at radius 3 is 2.45 bits per heavy atom. The molecule has 9 heteroatoms. The molecule has 1 fully saturated rings. The summed E-state index contributed by atoms with van der Waals surface area (Å²) in [6.45, 7) is 3.93. The second-order valence-electron chi connectivity index (χ2n) is 6.96. The van der Waals surface area contributed by atoms with E-state index in [4.69, 9.17) is 9.56 Å². The van der Waals surface area contributed by atoms with Gasteiger partial charge in [-0.05, 0) is 42.5 Å². The minimum Gasteiger partial charge on any atom is -0.444 e. The number of nitrogens with zero attached hydrogens (tertiary/aromatic N) is 3. The van der Waals surface area contributed by atoms with Gasteiger partial charge in [-0.2, -0.15) is 0 Å². The third-order valence-electron chi connectivity index (χ3n) is 4.91. The Morgan fingerprint density at radius 1 is 1.07 bits per heavy atom. The molecule has 1 saturated heterocycles. The number of oxazole rings is 1. The first-order valence-electron chi connectivity index (χ1n) is 9.19. The molecule has 1 aromatic heterocycles. The molecule has 0 atom stereocenters. The number of piperazine rings is 1. The van der Waals surface area contributed by atoms with Crippen molar-refractivity contribution in [2.45, 2.75) is 11.4 Å². The zero-order chi connectivity index (χ0) is 20.4. The quantitative estimate of drug-likeness (QED) is 0.687. The molecule has 4 rings (SSSR count). The van der Waals surface area contributed by atoms with Gasteiger partial charge in [0, 0.05) is 44.0 Å². The van der Waals surface area contributed by atoms with E-state index in [9.17, 15) is 12.8 Å². The number of benzene rings is 2. The molecule has 2 heterocycles. The fourth-order valence-corrected chi connectivity index (χ4v) is 3.89. The summed E-state index contributed by atoms with van der Waals surface area (Å²) in [5.41, 5.74) is 2.38. The molecule has 0 radical (unpaired) electrons. The van der Waals surface area contributed by atoms with Crippen LogP contribution >= 0.6 is 0 Å². The third kappa shape index (κ3) is 4.64. The average Bonchev–Trinajstić information content (AvgIpc) is 3.17. The van der Waals surface area contributed by atoms with E-state index in [2.05, 4.69) is 14.8 Å². The van der Waals surface area contributed by atoms with Crippen molar-refractivity contribution < 1.29 is 17.2 Å². The molecule has 0 aliphatic carbocycles. The van der Waals surface area contributed by atoms with Gasteiger partial charge in [0.05, 0.1) is 10.6 Å². The Morgan fingerprint density at radius 2 is 1.79 bits per heavy atom. The van der Waals surface area contributed by atoms with Crippen molar-refractivity contribution in [3.8, 4) is 11.5 Å².